The molecule has 0 aromatic heterocycles. The number of hydrogen-bond donors (Lipinski definition) is 1. The topological polar surface area (TPSA) is 64.6 Å². The monoisotopic (exact) mass is 287 g/mol. The Kier molecular flexibility index (Phi) is 6.51. The zero-order chi connectivity index (χ0) is 16.1. The molecule has 1 amide bonds. The second-order valence-electron chi connectivity index (χ2n) is 7.22. The molecule has 2 unspecified atom stereocenters. The van der Waals surface area contributed by atoms with Gasteiger partial charge in [-0.25, -0.2) is 4.79 Å². The summed E-state index contributed by atoms with van der Waals surface area (Å²) in [6.07, 6.45) is 0.0372. The summed E-state index contributed by atoms with van der Waals surface area (Å²) >= 11 is 0. The lowest BCUT2D eigenvalue weighted by atomic mass is 10.0. The Morgan fingerprint density at radius 1 is 0.950 bits per heavy atom. The summed E-state index contributed by atoms with van der Waals surface area (Å²) in [6, 6.07) is -0.160. The number of esters is 1. The maximum absolute atomic E-state index is 11.8. The van der Waals surface area contributed by atoms with Gasteiger partial charge in [0.2, 0.25) is 0 Å². The van der Waals surface area contributed by atoms with Crippen molar-refractivity contribution in [3.8, 4) is 0 Å². The molecule has 0 aliphatic rings. The maximum Gasteiger partial charge on any atom is 0.407 e. The van der Waals surface area contributed by atoms with Crippen LogP contribution in [0.15, 0.2) is 0 Å². The van der Waals surface area contributed by atoms with E-state index in [1.807, 2.05) is 27.7 Å². The summed E-state index contributed by atoms with van der Waals surface area (Å²) in [5, 5.41) is 2.72. The molecule has 0 fully saturated rings. The number of amides is 1. The molecular formula is C15H29NO4. The van der Waals surface area contributed by atoms with Gasteiger partial charge in [0.1, 0.15) is 11.2 Å². The lowest BCUT2D eigenvalue weighted by molar-refractivity contribution is -0.159. The van der Waals surface area contributed by atoms with Crippen molar-refractivity contribution in [3.63, 3.8) is 0 Å². The fraction of sp³-hybridized carbons (Fsp3) is 0.867. The predicted molar refractivity (Wildman–Crippen MR) is 78.5 cm³/mol. The smallest absolute Gasteiger partial charge is 0.407 e. The fourth-order valence-electron chi connectivity index (χ4n) is 1.60. The molecule has 5 nitrogen and oxygen atoms in total. The molecule has 0 saturated heterocycles. The van der Waals surface area contributed by atoms with Crippen LogP contribution in [-0.4, -0.2) is 29.3 Å². The minimum absolute atomic E-state index is 0.160. The van der Waals surface area contributed by atoms with Crippen LogP contribution in [-0.2, 0) is 14.3 Å². The molecule has 118 valence electrons. The minimum Gasteiger partial charge on any atom is -0.460 e. The minimum atomic E-state index is -0.527. The molecule has 0 aliphatic carbocycles. The average molecular weight is 287 g/mol. The van der Waals surface area contributed by atoms with Gasteiger partial charge >= 0.3 is 12.1 Å². The van der Waals surface area contributed by atoms with E-state index in [1.54, 1.807) is 27.7 Å². The number of rotatable bonds is 4. The third kappa shape index (κ3) is 9.64. The van der Waals surface area contributed by atoms with Crippen LogP contribution in [0.25, 0.3) is 0 Å². The Balaban J connectivity index is 4.23. The molecule has 5 heteroatoms. The van der Waals surface area contributed by atoms with Crippen molar-refractivity contribution in [2.75, 3.05) is 0 Å². The SMILES string of the molecule is CC(CC(C)C(=O)OC(C)(C)C)NC(=O)OC(C)(C)C. The molecule has 0 saturated carbocycles. The van der Waals surface area contributed by atoms with E-state index in [1.165, 1.54) is 0 Å². The van der Waals surface area contributed by atoms with Crippen molar-refractivity contribution in [2.24, 2.45) is 5.92 Å². The van der Waals surface area contributed by atoms with Crippen molar-refractivity contribution in [1.29, 1.82) is 0 Å². The Morgan fingerprint density at radius 2 is 1.40 bits per heavy atom. The second kappa shape index (κ2) is 6.95. The van der Waals surface area contributed by atoms with Crippen molar-refractivity contribution >= 4 is 12.1 Å². The third-order valence-electron chi connectivity index (χ3n) is 2.28. The molecule has 0 rings (SSSR count). The molecule has 0 radical (unpaired) electrons. The highest BCUT2D eigenvalue weighted by Gasteiger charge is 2.24. The van der Waals surface area contributed by atoms with Crippen LogP contribution in [0.5, 0.6) is 0 Å². The van der Waals surface area contributed by atoms with Gasteiger partial charge in [-0.3, -0.25) is 4.79 Å². The van der Waals surface area contributed by atoms with E-state index < -0.39 is 17.3 Å². The number of carbonyl (C=O) groups is 2. The summed E-state index contributed by atoms with van der Waals surface area (Å²) in [7, 11) is 0. The van der Waals surface area contributed by atoms with Gasteiger partial charge in [-0.05, 0) is 54.9 Å². The third-order valence-corrected chi connectivity index (χ3v) is 2.28. The van der Waals surface area contributed by atoms with Crippen LogP contribution in [0.3, 0.4) is 0 Å². The van der Waals surface area contributed by atoms with Gasteiger partial charge in [0.25, 0.3) is 0 Å². The molecule has 0 aromatic carbocycles. The summed E-state index contributed by atoms with van der Waals surface area (Å²) in [4.78, 5) is 23.4. The van der Waals surface area contributed by atoms with Crippen LogP contribution < -0.4 is 5.32 Å². The zero-order valence-electron chi connectivity index (χ0n) is 14.0. The summed E-state index contributed by atoms with van der Waals surface area (Å²) in [5.41, 5.74) is -1.02. The largest absolute Gasteiger partial charge is 0.460 e. The Morgan fingerprint density at radius 3 is 1.80 bits per heavy atom. The van der Waals surface area contributed by atoms with E-state index in [9.17, 15) is 9.59 Å². The van der Waals surface area contributed by atoms with Gasteiger partial charge in [0, 0.05) is 6.04 Å². The second-order valence-corrected chi connectivity index (χ2v) is 7.22. The van der Waals surface area contributed by atoms with Crippen molar-refractivity contribution < 1.29 is 19.1 Å². The first kappa shape index (κ1) is 18.7. The highest BCUT2D eigenvalue weighted by Crippen LogP contribution is 2.15. The summed E-state index contributed by atoms with van der Waals surface area (Å²) < 4.78 is 10.5. The van der Waals surface area contributed by atoms with E-state index in [0.717, 1.165) is 0 Å². The number of carbonyl (C=O) groups excluding carboxylic acids is 2. The predicted octanol–water partition coefficient (Wildman–Crippen LogP) is 3.27. The van der Waals surface area contributed by atoms with Gasteiger partial charge < -0.3 is 14.8 Å². The number of ether oxygens (including phenoxy) is 2. The molecule has 0 heterocycles. The van der Waals surface area contributed by atoms with E-state index in [4.69, 9.17) is 9.47 Å². The highest BCUT2D eigenvalue weighted by molar-refractivity contribution is 5.73. The fourth-order valence-corrected chi connectivity index (χ4v) is 1.60. The Bertz CT molecular complexity index is 339. The average Bonchev–Trinajstić information content (AvgIpc) is 2.10. The molecule has 0 spiro atoms. The van der Waals surface area contributed by atoms with Gasteiger partial charge in [-0.15, -0.1) is 0 Å². The molecule has 0 bridgehead atoms. The highest BCUT2D eigenvalue weighted by atomic mass is 16.6. The first-order chi connectivity index (χ1) is 8.80. The van der Waals surface area contributed by atoms with Crippen LogP contribution in [0, 0.1) is 5.92 Å². The van der Waals surface area contributed by atoms with E-state index in [2.05, 4.69) is 5.32 Å². The van der Waals surface area contributed by atoms with E-state index in [0.29, 0.717) is 6.42 Å². The zero-order valence-corrected chi connectivity index (χ0v) is 14.0. The molecule has 0 aliphatic heterocycles. The van der Waals surface area contributed by atoms with Gasteiger partial charge in [-0.1, -0.05) is 6.92 Å². The number of nitrogens with one attached hydrogen (secondary N) is 1. The van der Waals surface area contributed by atoms with Crippen molar-refractivity contribution in [1.82, 2.24) is 5.32 Å². The molecule has 2 atom stereocenters. The van der Waals surface area contributed by atoms with Crippen molar-refractivity contribution in [3.05, 3.63) is 0 Å². The summed E-state index contributed by atoms with van der Waals surface area (Å²) in [5.74, 6) is -0.533. The van der Waals surface area contributed by atoms with Crippen LogP contribution in [0.1, 0.15) is 61.8 Å². The Labute approximate surface area is 122 Å². The summed E-state index contributed by atoms with van der Waals surface area (Å²) in [6.45, 7) is 14.5. The lowest BCUT2D eigenvalue weighted by Crippen LogP contribution is -2.39. The number of alkyl carbamates (subject to hydrolysis) is 1. The molecule has 1 N–H and O–H groups in total. The first-order valence-corrected chi connectivity index (χ1v) is 7.02. The van der Waals surface area contributed by atoms with Crippen LogP contribution in [0.4, 0.5) is 4.79 Å². The molecule has 20 heavy (non-hydrogen) atoms. The number of hydrogen-bond acceptors (Lipinski definition) is 4. The standard InChI is InChI=1S/C15H29NO4/c1-10(12(17)19-14(3,4)5)9-11(2)16-13(18)20-15(6,7)8/h10-11H,9H2,1-8H3,(H,16,18). The molecular weight excluding hydrogens is 258 g/mol. The normalized spacial score (nSPS) is 15.2. The maximum atomic E-state index is 11.8. The van der Waals surface area contributed by atoms with Gasteiger partial charge in [0.05, 0.1) is 5.92 Å². The first-order valence-electron chi connectivity index (χ1n) is 7.02. The Hall–Kier alpha value is -1.26. The van der Waals surface area contributed by atoms with Gasteiger partial charge in [0.15, 0.2) is 0 Å². The van der Waals surface area contributed by atoms with E-state index in [-0.39, 0.29) is 17.9 Å². The van der Waals surface area contributed by atoms with E-state index >= 15 is 0 Å². The van der Waals surface area contributed by atoms with Crippen LogP contribution in [0.2, 0.25) is 0 Å². The molecule has 0 aromatic rings. The lowest BCUT2D eigenvalue weighted by Gasteiger charge is -2.25. The van der Waals surface area contributed by atoms with Gasteiger partial charge in [-0.2, -0.15) is 0 Å². The quantitative estimate of drug-likeness (QED) is 0.806. The van der Waals surface area contributed by atoms with Crippen LogP contribution >= 0.6 is 0 Å². The van der Waals surface area contributed by atoms with Crippen molar-refractivity contribution in [2.45, 2.75) is 79.1 Å².